The quantitative estimate of drug-likeness (QED) is 0.865. The number of aromatic nitrogens is 3. The van der Waals surface area contributed by atoms with E-state index in [0.29, 0.717) is 19.4 Å². The standard InChI is InChI=1S/C17H21F3N4O2/c1-16(19,20)17(4-2-5-17)14-7-10(18)12-8-21-15(23-24(12)14)22-11-3-6-26-9-13(11)25/h7-8,11,13,25H,2-6,9H2,1H3,(H,22,23)/t11-,13-/m1/s1. The minimum atomic E-state index is -2.98. The molecule has 9 heteroatoms. The predicted octanol–water partition coefficient (Wildman–Crippen LogP) is 2.51. The van der Waals surface area contributed by atoms with Crippen molar-refractivity contribution in [2.45, 2.75) is 56.1 Å². The highest BCUT2D eigenvalue weighted by Gasteiger charge is 2.57. The lowest BCUT2D eigenvalue weighted by Gasteiger charge is -2.45. The van der Waals surface area contributed by atoms with E-state index >= 15 is 0 Å². The molecule has 2 aromatic heterocycles. The van der Waals surface area contributed by atoms with Crippen molar-refractivity contribution in [2.24, 2.45) is 0 Å². The van der Waals surface area contributed by atoms with Gasteiger partial charge in [0.25, 0.3) is 5.92 Å². The van der Waals surface area contributed by atoms with Gasteiger partial charge in [-0.25, -0.2) is 22.7 Å². The minimum absolute atomic E-state index is 0.0635. The molecule has 2 aromatic rings. The summed E-state index contributed by atoms with van der Waals surface area (Å²) in [4.78, 5) is 4.08. The van der Waals surface area contributed by atoms with Crippen LogP contribution in [0.2, 0.25) is 0 Å². The molecule has 2 atom stereocenters. The highest BCUT2D eigenvalue weighted by Crippen LogP contribution is 2.54. The fraction of sp³-hybridized carbons (Fsp3) is 0.647. The molecule has 0 amide bonds. The second-order valence-corrected chi connectivity index (χ2v) is 7.26. The second-order valence-electron chi connectivity index (χ2n) is 7.26. The van der Waals surface area contributed by atoms with Crippen LogP contribution in [-0.4, -0.2) is 51.0 Å². The zero-order valence-electron chi connectivity index (χ0n) is 14.4. The third kappa shape index (κ3) is 2.64. The van der Waals surface area contributed by atoms with Crippen LogP contribution in [0.15, 0.2) is 12.3 Å². The number of ether oxygens (including phenoxy) is 1. The maximum absolute atomic E-state index is 14.3. The molecule has 142 valence electrons. The molecular weight excluding hydrogens is 349 g/mol. The Hall–Kier alpha value is -1.87. The van der Waals surface area contributed by atoms with E-state index in [1.807, 2.05) is 0 Å². The lowest BCUT2D eigenvalue weighted by atomic mass is 9.63. The smallest absolute Gasteiger partial charge is 0.256 e. The van der Waals surface area contributed by atoms with E-state index < -0.39 is 23.3 Å². The summed E-state index contributed by atoms with van der Waals surface area (Å²) in [7, 11) is 0. The molecular formula is C17H21F3N4O2. The van der Waals surface area contributed by atoms with Crippen LogP contribution in [0.5, 0.6) is 0 Å². The monoisotopic (exact) mass is 370 g/mol. The number of fused-ring (bicyclic) bond motifs is 1. The number of rotatable bonds is 4. The van der Waals surface area contributed by atoms with Gasteiger partial charge in [0.15, 0.2) is 5.82 Å². The second kappa shape index (κ2) is 6.09. The van der Waals surface area contributed by atoms with E-state index in [1.54, 1.807) is 0 Å². The topological polar surface area (TPSA) is 71.7 Å². The fourth-order valence-corrected chi connectivity index (χ4v) is 3.87. The van der Waals surface area contributed by atoms with Gasteiger partial charge in [-0.15, -0.1) is 5.10 Å². The Kier molecular flexibility index (Phi) is 4.11. The van der Waals surface area contributed by atoms with Gasteiger partial charge >= 0.3 is 0 Å². The maximum atomic E-state index is 14.3. The van der Waals surface area contributed by atoms with Crippen molar-refractivity contribution in [3.63, 3.8) is 0 Å². The van der Waals surface area contributed by atoms with Gasteiger partial charge in [-0.1, -0.05) is 6.42 Å². The molecule has 0 radical (unpaired) electrons. The van der Waals surface area contributed by atoms with E-state index in [4.69, 9.17) is 4.74 Å². The van der Waals surface area contributed by atoms with E-state index in [9.17, 15) is 18.3 Å². The van der Waals surface area contributed by atoms with Crippen molar-refractivity contribution < 1.29 is 23.0 Å². The van der Waals surface area contributed by atoms with Crippen LogP contribution in [0, 0.1) is 5.82 Å². The summed E-state index contributed by atoms with van der Waals surface area (Å²) in [6.07, 6.45) is 2.36. The van der Waals surface area contributed by atoms with Gasteiger partial charge in [0.2, 0.25) is 5.95 Å². The third-order valence-electron chi connectivity index (χ3n) is 5.65. The van der Waals surface area contributed by atoms with E-state index in [1.165, 1.54) is 10.7 Å². The number of aliphatic hydroxyl groups excluding tert-OH is 1. The predicted molar refractivity (Wildman–Crippen MR) is 87.9 cm³/mol. The zero-order valence-corrected chi connectivity index (χ0v) is 14.4. The largest absolute Gasteiger partial charge is 0.389 e. The van der Waals surface area contributed by atoms with E-state index in [2.05, 4.69) is 15.4 Å². The Balaban J connectivity index is 1.73. The van der Waals surface area contributed by atoms with Crippen molar-refractivity contribution >= 4 is 11.5 Å². The summed E-state index contributed by atoms with van der Waals surface area (Å²) in [6.45, 7) is 1.57. The lowest BCUT2D eigenvalue weighted by molar-refractivity contribution is -0.0996. The average molecular weight is 370 g/mol. The zero-order chi connectivity index (χ0) is 18.5. The first kappa shape index (κ1) is 17.5. The molecule has 2 aliphatic rings. The highest BCUT2D eigenvalue weighted by molar-refractivity contribution is 5.52. The first-order chi connectivity index (χ1) is 12.3. The SMILES string of the molecule is CC(F)(F)C1(c2cc(F)c3cnc(N[C@@H]4CCOC[C@H]4O)nn23)CCC1. The van der Waals surface area contributed by atoms with E-state index in [-0.39, 0.29) is 42.6 Å². The maximum Gasteiger partial charge on any atom is 0.256 e. The van der Waals surface area contributed by atoms with Crippen LogP contribution in [0.3, 0.4) is 0 Å². The van der Waals surface area contributed by atoms with Crippen molar-refractivity contribution in [3.05, 3.63) is 23.8 Å². The summed E-state index contributed by atoms with van der Waals surface area (Å²) in [5, 5.41) is 17.2. The van der Waals surface area contributed by atoms with Gasteiger partial charge < -0.3 is 15.2 Å². The van der Waals surface area contributed by atoms with Crippen LogP contribution in [0.1, 0.15) is 38.3 Å². The van der Waals surface area contributed by atoms with Crippen LogP contribution >= 0.6 is 0 Å². The summed E-state index contributed by atoms with van der Waals surface area (Å²) in [6, 6.07) is 0.837. The van der Waals surface area contributed by atoms with Crippen molar-refractivity contribution in [3.8, 4) is 0 Å². The molecule has 2 fully saturated rings. The Morgan fingerprint density at radius 3 is 2.81 bits per heavy atom. The van der Waals surface area contributed by atoms with Crippen LogP contribution < -0.4 is 5.32 Å². The Bertz CT molecular complexity index is 816. The van der Waals surface area contributed by atoms with Gasteiger partial charge in [-0.2, -0.15) is 0 Å². The Labute approximate surface area is 148 Å². The third-order valence-corrected chi connectivity index (χ3v) is 5.65. The van der Waals surface area contributed by atoms with Gasteiger partial charge in [-0.05, 0) is 25.3 Å². The van der Waals surface area contributed by atoms with Gasteiger partial charge in [-0.3, -0.25) is 0 Å². The Morgan fingerprint density at radius 1 is 1.42 bits per heavy atom. The van der Waals surface area contributed by atoms with Gasteiger partial charge in [0.05, 0.1) is 36.1 Å². The molecule has 0 spiro atoms. The average Bonchev–Trinajstić information content (AvgIpc) is 2.84. The molecule has 3 heterocycles. The number of hydrogen-bond acceptors (Lipinski definition) is 5. The molecule has 0 aromatic carbocycles. The summed E-state index contributed by atoms with van der Waals surface area (Å²) in [5.41, 5.74) is -1.18. The molecule has 4 rings (SSSR count). The molecule has 0 bridgehead atoms. The number of nitrogens with one attached hydrogen (secondary N) is 1. The number of aliphatic hydroxyl groups is 1. The molecule has 26 heavy (non-hydrogen) atoms. The first-order valence-electron chi connectivity index (χ1n) is 8.77. The molecule has 6 nitrogen and oxygen atoms in total. The molecule has 1 saturated carbocycles. The minimum Gasteiger partial charge on any atom is -0.389 e. The van der Waals surface area contributed by atoms with Gasteiger partial charge in [0, 0.05) is 13.5 Å². The molecule has 2 N–H and O–H groups in total. The highest BCUT2D eigenvalue weighted by atomic mass is 19.3. The fourth-order valence-electron chi connectivity index (χ4n) is 3.87. The normalized spacial score (nSPS) is 25.9. The lowest BCUT2D eigenvalue weighted by Crippen LogP contribution is -2.49. The van der Waals surface area contributed by atoms with Crippen molar-refractivity contribution in [1.82, 2.24) is 14.6 Å². The summed E-state index contributed by atoms with van der Waals surface area (Å²) < 4.78 is 49.4. The summed E-state index contributed by atoms with van der Waals surface area (Å²) >= 11 is 0. The number of nitrogens with zero attached hydrogens (tertiary/aromatic N) is 3. The van der Waals surface area contributed by atoms with Crippen molar-refractivity contribution in [1.29, 1.82) is 0 Å². The molecule has 1 saturated heterocycles. The molecule has 0 unspecified atom stereocenters. The van der Waals surface area contributed by atoms with Crippen molar-refractivity contribution in [2.75, 3.05) is 18.5 Å². The number of anilines is 1. The molecule has 1 aliphatic heterocycles. The Morgan fingerprint density at radius 2 is 2.19 bits per heavy atom. The molecule has 1 aliphatic carbocycles. The summed E-state index contributed by atoms with van der Waals surface area (Å²) in [5.74, 6) is -3.44. The number of halogens is 3. The first-order valence-corrected chi connectivity index (χ1v) is 8.77. The van der Waals surface area contributed by atoms with Gasteiger partial charge in [0.1, 0.15) is 5.52 Å². The van der Waals surface area contributed by atoms with Crippen LogP contribution in [0.25, 0.3) is 5.52 Å². The number of hydrogen-bond donors (Lipinski definition) is 2. The van der Waals surface area contributed by atoms with Crippen LogP contribution in [-0.2, 0) is 10.2 Å². The number of alkyl halides is 2. The van der Waals surface area contributed by atoms with E-state index in [0.717, 1.165) is 13.0 Å². The van der Waals surface area contributed by atoms with Crippen LogP contribution in [0.4, 0.5) is 19.1 Å².